The lowest BCUT2D eigenvalue weighted by Crippen LogP contribution is -2.38. The van der Waals surface area contributed by atoms with Crippen LogP contribution in [0.3, 0.4) is 0 Å². The van der Waals surface area contributed by atoms with Crippen molar-refractivity contribution in [2.24, 2.45) is 0 Å². The number of aliphatic carboxylic acids is 1. The first-order valence-corrected chi connectivity index (χ1v) is 7.33. The van der Waals surface area contributed by atoms with Gasteiger partial charge >= 0.3 is 5.97 Å². The number of rotatable bonds is 9. The summed E-state index contributed by atoms with van der Waals surface area (Å²) in [7, 11) is 0. The van der Waals surface area contributed by atoms with Gasteiger partial charge in [-0.1, -0.05) is 25.1 Å². The number of hydrogen-bond donors (Lipinski definition) is 2. The van der Waals surface area contributed by atoms with Crippen LogP contribution < -0.4 is 5.32 Å². The molecule has 1 atom stereocenters. The molecule has 5 nitrogen and oxygen atoms in total. The number of para-hydroxylation sites is 1. The van der Waals surface area contributed by atoms with Crippen molar-refractivity contribution in [1.29, 1.82) is 0 Å². The molecule has 116 valence electrons. The number of amides is 1. The Hall–Kier alpha value is -1.88. The van der Waals surface area contributed by atoms with Crippen LogP contribution in [0.15, 0.2) is 30.3 Å². The number of anilines is 1. The van der Waals surface area contributed by atoms with E-state index in [0.29, 0.717) is 13.0 Å². The number of hydrogen-bond acceptors (Lipinski definition) is 3. The number of carboxylic acid groups (broad SMARTS) is 1. The lowest BCUT2D eigenvalue weighted by Gasteiger charge is -2.27. The Morgan fingerprint density at radius 1 is 1.24 bits per heavy atom. The molecule has 0 aromatic heterocycles. The van der Waals surface area contributed by atoms with Crippen LogP contribution in [-0.2, 0) is 9.59 Å². The quantitative estimate of drug-likeness (QED) is 0.734. The Kier molecular flexibility index (Phi) is 7.46. The Bertz CT molecular complexity index is 448. The van der Waals surface area contributed by atoms with Crippen LogP contribution in [0.1, 0.15) is 33.1 Å². The first-order valence-electron chi connectivity index (χ1n) is 7.33. The summed E-state index contributed by atoms with van der Waals surface area (Å²) < 4.78 is 0. The van der Waals surface area contributed by atoms with Crippen molar-refractivity contribution in [1.82, 2.24) is 4.90 Å². The summed E-state index contributed by atoms with van der Waals surface area (Å²) in [6.45, 7) is 5.28. The Labute approximate surface area is 126 Å². The van der Waals surface area contributed by atoms with Gasteiger partial charge in [0.1, 0.15) is 0 Å². The van der Waals surface area contributed by atoms with Crippen molar-refractivity contribution in [3.63, 3.8) is 0 Å². The predicted molar refractivity (Wildman–Crippen MR) is 83.3 cm³/mol. The predicted octanol–water partition coefficient (Wildman–Crippen LogP) is 2.59. The van der Waals surface area contributed by atoms with E-state index in [4.69, 9.17) is 5.11 Å². The van der Waals surface area contributed by atoms with Crippen LogP contribution in [0.5, 0.6) is 0 Å². The molecule has 0 aliphatic rings. The summed E-state index contributed by atoms with van der Waals surface area (Å²) in [6, 6.07) is 9.35. The molecule has 0 saturated heterocycles. The van der Waals surface area contributed by atoms with E-state index in [1.165, 1.54) is 0 Å². The largest absolute Gasteiger partial charge is 0.481 e. The van der Waals surface area contributed by atoms with Gasteiger partial charge in [0.25, 0.3) is 0 Å². The average Bonchev–Trinajstić information content (AvgIpc) is 2.44. The third-order valence-electron chi connectivity index (χ3n) is 3.29. The minimum Gasteiger partial charge on any atom is -0.481 e. The monoisotopic (exact) mass is 292 g/mol. The third kappa shape index (κ3) is 6.90. The summed E-state index contributed by atoms with van der Waals surface area (Å²) in [6.07, 6.45) is 1.39. The van der Waals surface area contributed by atoms with Crippen LogP contribution in [0.2, 0.25) is 0 Å². The molecule has 0 aliphatic heterocycles. The van der Waals surface area contributed by atoms with Gasteiger partial charge in [0, 0.05) is 24.7 Å². The maximum atomic E-state index is 12.0. The van der Waals surface area contributed by atoms with E-state index in [1.54, 1.807) is 0 Å². The molecule has 0 heterocycles. The van der Waals surface area contributed by atoms with Gasteiger partial charge in [-0.05, 0) is 32.0 Å². The van der Waals surface area contributed by atoms with Crippen molar-refractivity contribution in [2.75, 3.05) is 18.4 Å². The van der Waals surface area contributed by atoms with Gasteiger partial charge in [0.2, 0.25) is 5.91 Å². The molecule has 0 spiro atoms. The number of benzene rings is 1. The third-order valence-corrected chi connectivity index (χ3v) is 3.29. The number of carbonyl (C=O) groups excluding carboxylic acids is 1. The smallest absolute Gasteiger partial charge is 0.304 e. The van der Waals surface area contributed by atoms with Crippen LogP contribution in [-0.4, -0.2) is 41.0 Å². The maximum absolute atomic E-state index is 12.0. The molecular weight excluding hydrogens is 268 g/mol. The minimum absolute atomic E-state index is 0.0213. The number of carboxylic acids is 1. The highest BCUT2D eigenvalue weighted by Crippen LogP contribution is 2.10. The molecule has 21 heavy (non-hydrogen) atoms. The summed E-state index contributed by atoms with van der Waals surface area (Å²) in [5.74, 6) is -0.859. The average molecular weight is 292 g/mol. The molecule has 0 bridgehead atoms. The molecule has 0 saturated carbocycles. The van der Waals surface area contributed by atoms with Crippen LogP contribution >= 0.6 is 0 Å². The van der Waals surface area contributed by atoms with E-state index in [9.17, 15) is 9.59 Å². The van der Waals surface area contributed by atoms with E-state index < -0.39 is 5.97 Å². The Morgan fingerprint density at radius 3 is 2.48 bits per heavy atom. The lowest BCUT2D eigenvalue weighted by molar-refractivity contribution is -0.137. The van der Waals surface area contributed by atoms with Gasteiger partial charge in [-0.2, -0.15) is 0 Å². The van der Waals surface area contributed by atoms with Gasteiger partial charge in [-0.3, -0.25) is 14.5 Å². The van der Waals surface area contributed by atoms with Crippen molar-refractivity contribution >= 4 is 17.6 Å². The van der Waals surface area contributed by atoms with Crippen molar-refractivity contribution in [3.05, 3.63) is 30.3 Å². The lowest BCUT2D eigenvalue weighted by atomic mass is 10.1. The second-order valence-corrected chi connectivity index (χ2v) is 5.15. The zero-order valence-electron chi connectivity index (χ0n) is 12.7. The fourth-order valence-electron chi connectivity index (χ4n) is 2.21. The van der Waals surface area contributed by atoms with E-state index in [0.717, 1.165) is 18.7 Å². The van der Waals surface area contributed by atoms with Crippen molar-refractivity contribution in [3.8, 4) is 0 Å². The van der Waals surface area contributed by atoms with Crippen LogP contribution in [0, 0.1) is 0 Å². The first-order chi connectivity index (χ1) is 10.0. The minimum atomic E-state index is -0.808. The number of nitrogens with one attached hydrogen (secondary N) is 1. The number of nitrogens with zero attached hydrogens (tertiary/aromatic N) is 1. The first kappa shape index (κ1) is 17.2. The van der Waals surface area contributed by atoms with Gasteiger partial charge < -0.3 is 10.4 Å². The standard InChI is InChI=1S/C16H24N2O3/c1-3-10-18(11-9-16(20)21)13(2)12-15(19)17-14-7-5-4-6-8-14/h4-8,13H,3,9-12H2,1-2H3,(H,17,19)(H,20,21). The van der Waals surface area contributed by atoms with Crippen LogP contribution in [0.4, 0.5) is 5.69 Å². The van der Waals surface area contributed by atoms with E-state index in [1.807, 2.05) is 44.2 Å². The normalized spacial score (nSPS) is 12.1. The molecular formula is C16H24N2O3. The summed E-state index contributed by atoms with van der Waals surface area (Å²) in [5.41, 5.74) is 0.780. The SMILES string of the molecule is CCCN(CCC(=O)O)C(C)CC(=O)Nc1ccccc1. The van der Waals surface area contributed by atoms with E-state index in [2.05, 4.69) is 10.2 Å². The van der Waals surface area contributed by atoms with Crippen molar-refractivity contribution < 1.29 is 14.7 Å². The fraction of sp³-hybridized carbons (Fsp3) is 0.500. The molecule has 1 aromatic carbocycles. The zero-order chi connectivity index (χ0) is 15.7. The molecule has 0 fully saturated rings. The molecule has 1 rings (SSSR count). The Morgan fingerprint density at radius 2 is 1.90 bits per heavy atom. The second-order valence-electron chi connectivity index (χ2n) is 5.15. The molecule has 1 unspecified atom stereocenters. The van der Waals surface area contributed by atoms with E-state index in [-0.39, 0.29) is 18.4 Å². The van der Waals surface area contributed by atoms with Crippen LogP contribution in [0.25, 0.3) is 0 Å². The molecule has 0 aliphatic carbocycles. The highest BCUT2D eigenvalue weighted by atomic mass is 16.4. The highest BCUT2D eigenvalue weighted by molar-refractivity contribution is 5.91. The topological polar surface area (TPSA) is 69.6 Å². The van der Waals surface area contributed by atoms with Gasteiger partial charge in [0.05, 0.1) is 6.42 Å². The molecule has 1 aromatic rings. The van der Waals surface area contributed by atoms with Gasteiger partial charge in [-0.15, -0.1) is 0 Å². The molecule has 1 amide bonds. The van der Waals surface area contributed by atoms with Gasteiger partial charge in [0.15, 0.2) is 0 Å². The Balaban J connectivity index is 2.49. The molecule has 2 N–H and O–H groups in total. The summed E-state index contributed by atoms with van der Waals surface area (Å²) >= 11 is 0. The summed E-state index contributed by atoms with van der Waals surface area (Å²) in [5, 5.41) is 11.6. The summed E-state index contributed by atoms with van der Waals surface area (Å²) in [4.78, 5) is 24.8. The van der Waals surface area contributed by atoms with Gasteiger partial charge in [-0.25, -0.2) is 0 Å². The number of carbonyl (C=O) groups is 2. The maximum Gasteiger partial charge on any atom is 0.304 e. The highest BCUT2D eigenvalue weighted by Gasteiger charge is 2.17. The molecule has 0 radical (unpaired) electrons. The van der Waals surface area contributed by atoms with E-state index >= 15 is 0 Å². The molecule has 5 heteroatoms. The fourth-order valence-corrected chi connectivity index (χ4v) is 2.21. The van der Waals surface area contributed by atoms with Crippen molar-refractivity contribution in [2.45, 2.75) is 39.2 Å². The zero-order valence-corrected chi connectivity index (χ0v) is 12.7. The second kappa shape index (κ2) is 9.13.